The highest BCUT2D eigenvalue weighted by Gasteiger charge is 2.14. The number of carbonyl (C=O) groups is 1. The molecule has 2 unspecified atom stereocenters. The molecule has 0 saturated carbocycles. The molecule has 94 valence electrons. The van der Waals surface area contributed by atoms with Crippen LogP contribution in [0.5, 0.6) is 0 Å². The number of esters is 1. The molecule has 0 aliphatic heterocycles. The summed E-state index contributed by atoms with van der Waals surface area (Å²) in [5.74, 6) is 0.906. The monoisotopic (exact) mass is 234 g/mol. The van der Waals surface area contributed by atoms with Gasteiger partial charge in [-0.15, -0.1) is 0 Å². The van der Waals surface area contributed by atoms with Crippen molar-refractivity contribution < 1.29 is 9.53 Å². The fraction of sp³-hybridized carbons (Fsp3) is 0.533. The van der Waals surface area contributed by atoms with E-state index in [2.05, 4.69) is 38.1 Å². The largest absolute Gasteiger partial charge is 0.466 e. The first-order chi connectivity index (χ1) is 8.15. The second kappa shape index (κ2) is 7.10. The fourth-order valence-corrected chi connectivity index (χ4v) is 1.80. The van der Waals surface area contributed by atoms with Crippen molar-refractivity contribution >= 4 is 5.97 Å². The quantitative estimate of drug-likeness (QED) is 0.700. The van der Waals surface area contributed by atoms with Crippen LogP contribution in [-0.2, 0) is 9.53 Å². The van der Waals surface area contributed by atoms with E-state index in [1.54, 1.807) is 0 Å². The molecule has 0 amide bonds. The maximum atomic E-state index is 11.0. The lowest BCUT2D eigenvalue weighted by molar-refractivity contribution is -0.143. The average Bonchev–Trinajstić information content (AvgIpc) is 2.38. The Balaban J connectivity index is 2.37. The lowest BCUT2D eigenvalue weighted by Crippen LogP contribution is -2.12. The molecular formula is C15H22O2. The predicted octanol–water partition coefficient (Wildman–Crippen LogP) is 3.77. The van der Waals surface area contributed by atoms with Gasteiger partial charge in [0, 0.05) is 6.42 Å². The third kappa shape index (κ3) is 4.59. The molecule has 1 rings (SSSR count). The SMILES string of the molecule is CCC(=O)OCCC(C)C(C)c1ccccc1. The second-order valence-corrected chi connectivity index (χ2v) is 4.54. The van der Waals surface area contributed by atoms with Gasteiger partial charge in [-0.25, -0.2) is 0 Å². The van der Waals surface area contributed by atoms with Crippen molar-refractivity contribution in [1.82, 2.24) is 0 Å². The average molecular weight is 234 g/mol. The van der Waals surface area contributed by atoms with E-state index < -0.39 is 0 Å². The van der Waals surface area contributed by atoms with Crippen LogP contribution in [0.1, 0.15) is 45.1 Å². The molecule has 0 aliphatic rings. The molecule has 0 N–H and O–H groups in total. The van der Waals surface area contributed by atoms with Gasteiger partial charge in [-0.05, 0) is 23.8 Å². The Hall–Kier alpha value is -1.31. The summed E-state index contributed by atoms with van der Waals surface area (Å²) < 4.78 is 5.11. The van der Waals surface area contributed by atoms with Crippen LogP contribution in [0.25, 0.3) is 0 Å². The molecule has 0 fully saturated rings. The summed E-state index contributed by atoms with van der Waals surface area (Å²) in [4.78, 5) is 11.0. The van der Waals surface area contributed by atoms with Crippen LogP contribution in [0.3, 0.4) is 0 Å². The zero-order chi connectivity index (χ0) is 12.7. The zero-order valence-corrected chi connectivity index (χ0v) is 11.0. The molecule has 2 atom stereocenters. The molecule has 0 heterocycles. The predicted molar refractivity (Wildman–Crippen MR) is 69.9 cm³/mol. The molecule has 0 aliphatic carbocycles. The van der Waals surface area contributed by atoms with E-state index in [1.165, 1.54) is 5.56 Å². The van der Waals surface area contributed by atoms with Crippen LogP contribution in [0.15, 0.2) is 30.3 Å². The van der Waals surface area contributed by atoms with Gasteiger partial charge < -0.3 is 4.74 Å². The molecule has 17 heavy (non-hydrogen) atoms. The Kier molecular flexibility index (Phi) is 5.75. The maximum Gasteiger partial charge on any atom is 0.305 e. The summed E-state index contributed by atoms with van der Waals surface area (Å²) in [6.07, 6.45) is 1.38. The first kappa shape index (κ1) is 13.8. The van der Waals surface area contributed by atoms with Gasteiger partial charge in [-0.2, -0.15) is 0 Å². The van der Waals surface area contributed by atoms with Crippen molar-refractivity contribution in [2.45, 2.75) is 39.5 Å². The minimum absolute atomic E-state index is 0.107. The number of benzene rings is 1. The molecule has 1 aromatic carbocycles. The van der Waals surface area contributed by atoms with E-state index in [9.17, 15) is 4.79 Å². The van der Waals surface area contributed by atoms with Crippen LogP contribution < -0.4 is 0 Å². The van der Waals surface area contributed by atoms with Crippen LogP contribution in [0.2, 0.25) is 0 Å². The lowest BCUT2D eigenvalue weighted by Gasteiger charge is -2.20. The number of hydrogen-bond donors (Lipinski definition) is 0. The molecular weight excluding hydrogens is 212 g/mol. The number of rotatable bonds is 6. The van der Waals surface area contributed by atoms with Gasteiger partial charge in [0.15, 0.2) is 0 Å². The summed E-state index contributed by atoms with van der Waals surface area (Å²) >= 11 is 0. The number of carbonyl (C=O) groups excluding carboxylic acids is 1. The van der Waals surface area contributed by atoms with Crippen molar-refractivity contribution in [3.63, 3.8) is 0 Å². The molecule has 0 spiro atoms. The van der Waals surface area contributed by atoms with E-state index in [0.29, 0.717) is 24.9 Å². The van der Waals surface area contributed by atoms with E-state index in [0.717, 1.165) is 6.42 Å². The van der Waals surface area contributed by atoms with Gasteiger partial charge >= 0.3 is 5.97 Å². The van der Waals surface area contributed by atoms with Crippen molar-refractivity contribution in [2.75, 3.05) is 6.61 Å². The van der Waals surface area contributed by atoms with Crippen molar-refractivity contribution in [2.24, 2.45) is 5.92 Å². The first-order valence-electron chi connectivity index (χ1n) is 6.35. The minimum Gasteiger partial charge on any atom is -0.466 e. The Labute approximate surface area is 104 Å². The van der Waals surface area contributed by atoms with Gasteiger partial charge in [-0.1, -0.05) is 51.1 Å². The van der Waals surface area contributed by atoms with Crippen LogP contribution in [0.4, 0.5) is 0 Å². The highest BCUT2D eigenvalue weighted by Crippen LogP contribution is 2.26. The van der Waals surface area contributed by atoms with E-state index in [-0.39, 0.29) is 5.97 Å². The van der Waals surface area contributed by atoms with Gasteiger partial charge in [0.05, 0.1) is 6.61 Å². The summed E-state index contributed by atoms with van der Waals surface area (Å²) in [5.41, 5.74) is 1.35. The minimum atomic E-state index is -0.107. The smallest absolute Gasteiger partial charge is 0.305 e. The Morgan fingerprint density at radius 2 is 1.88 bits per heavy atom. The van der Waals surface area contributed by atoms with Gasteiger partial charge in [0.1, 0.15) is 0 Å². The van der Waals surface area contributed by atoms with E-state index >= 15 is 0 Å². The van der Waals surface area contributed by atoms with E-state index in [4.69, 9.17) is 4.74 Å². The van der Waals surface area contributed by atoms with Crippen LogP contribution in [0, 0.1) is 5.92 Å². The van der Waals surface area contributed by atoms with Gasteiger partial charge in [-0.3, -0.25) is 4.79 Å². The highest BCUT2D eigenvalue weighted by atomic mass is 16.5. The van der Waals surface area contributed by atoms with Crippen LogP contribution in [-0.4, -0.2) is 12.6 Å². The third-order valence-electron chi connectivity index (χ3n) is 3.30. The van der Waals surface area contributed by atoms with E-state index in [1.807, 2.05) is 13.0 Å². The summed E-state index contributed by atoms with van der Waals surface area (Å²) in [6.45, 7) is 6.78. The number of ether oxygens (including phenoxy) is 1. The summed E-state index contributed by atoms with van der Waals surface area (Å²) in [6, 6.07) is 10.5. The maximum absolute atomic E-state index is 11.0. The van der Waals surface area contributed by atoms with Gasteiger partial charge in [0.2, 0.25) is 0 Å². The molecule has 0 aromatic heterocycles. The van der Waals surface area contributed by atoms with Crippen molar-refractivity contribution in [1.29, 1.82) is 0 Å². The van der Waals surface area contributed by atoms with Gasteiger partial charge in [0.25, 0.3) is 0 Å². The van der Waals surface area contributed by atoms with Crippen molar-refractivity contribution in [3.8, 4) is 0 Å². The normalized spacial score (nSPS) is 14.1. The fourth-order valence-electron chi connectivity index (χ4n) is 1.80. The van der Waals surface area contributed by atoms with Crippen LogP contribution >= 0.6 is 0 Å². The topological polar surface area (TPSA) is 26.3 Å². The second-order valence-electron chi connectivity index (χ2n) is 4.54. The Bertz CT molecular complexity index is 332. The third-order valence-corrected chi connectivity index (χ3v) is 3.30. The Morgan fingerprint density at radius 1 is 1.24 bits per heavy atom. The molecule has 2 nitrogen and oxygen atoms in total. The first-order valence-corrected chi connectivity index (χ1v) is 6.35. The summed E-state index contributed by atoms with van der Waals surface area (Å²) in [7, 11) is 0. The highest BCUT2D eigenvalue weighted by molar-refractivity contribution is 5.68. The lowest BCUT2D eigenvalue weighted by atomic mass is 9.87. The summed E-state index contributed by atoms with van der Waals surface area (Å²) in [5, 5.41) is 0. The standard InChI is InChI=1S/C15H22O2/c1-4-15(16)17-11-10-12(2)13(3)14-8-6-5-7-9-14/h5-9,12-13H,4,10-11H2,1-3H3. The zero-order valence-electron chi connectivity index (χ0n) is 11.0. The molecule has 0 saturated heterocycles. The molecule has 2 heteroatoms. The molecule has 1 aromatic rings. The molecule has 0 radical (unpaired) electrons. The Morgan fingerprint density at radius 3 is 2.47 bits per heavy atom. The number of hydrogen-bond acceptors (Lipinski definition) is 2. The molecule has 0 bridgehead atoms. The van der Waals surface area contributed by atoms with Crippen molar-refractivity contribution in [3.05, 3.63) is 35.9 Å².